The molecule has 0 aliphatic heterocycles. The van der Waals surface area contributed by atoms with E-state index in [1.165, 1.54) is 6.20 Å². The van der Waals surface area contributed by atoms with Crippen molar-refractivity contribution in [3.63, 3.8) is 0 Å². The fourth-order valence-electron chi connectivity index (χ4n) is 0.827. The van der Waals surface area contributed by atoms with Crippen molar-refractivity contribution >= 4 is 27.8 Å². The normalized spacial score (nSPS) is 10.5. The molecular weight excluding hydrogens is 166 g/mol. The molecule has 0 aromatic carbocycles. The molecular formula is C5H3N3O2S. The summed E-state index contributed by atoms with van der Waals surface area (Å²) in [6.45, 7) is 0. The topological polar surface area (TPSA) is 78.9 Å². The first-order valence-corrected chi connectivity index (χ1v) is 3.59. The molecule has 0 fully saturated rings. The molecule has 0 atom stereocenters. The van der Waals surface area contributed by atoms with Crippen LogP contribution in [-0.4, -0.2) is 25.6 Å². The van der Waals surface area contributed by atoms with Crippen LogP contribution in [0.3, 0.4) is 0 Å². The Labute approximate surface area is 64.8 Å². The molecule has 2 N–H and O–H groups in total. The molecule has 0 spiro atoms. The number of fused-ring (bicyclic) bond motifs is 1. The van der Waals surface area contributed by atoms with Gasteiger partial charge in [-0.3, -0.25) is 0 Å². The Morgan fingerprint density at radius 1 is 1.73 bits per heavy atom. The largest absolute Gasteiger partial charge is 0.478 e. The molecule has 2 aromatic heterocycles. The van der Waals surface area contributed by atoms with E-state index in [2.05, 4.69) is 14.6 Å². The average Bonchev–Trinajstić information content (AvgIpc) is 2.41. The zero-order valence-corrected chi connectivity index (χ0v) is 6.05. The third kappa shape index (κ3) is 0.795. The quantitative estimate of drug-likeness (QED) is 0.659. The van der Waals surface area contributed by atoms with Crippen molar-refractivity contribution in [2.24, 2.45) is 0 Å². The van der Waals surface area contributed by atoms with Crippen LogP contribution in [0.25, 0.3) is 10.3 Å². The van der Waals surface area contributed by atoms with Gasteiger partial charge in [-0.2, -0.15) is 0 Å². The standard InChI is InChI=1S/C5H3N3O2S/c9-5(10)2-1-6-4-3(2)11-8-7-4/h1,6H,(H,9,10). The van der Waals surface area contributed by atoms with E-state index >= 15 is 0 Å². The number of aromatic amines is 1. The first kappa shape index (κ1) is 6.29. The zero-order chi connectivity index (χ0) is 7.84. The van der Waals surface area contributed by atoms with E-state index in [0.29, 0.717) is 10.3 Å². The van der Waals surface area contributed by atoms with Crippen molar-refractivity contribution in [1.82, 2.24) is 14.6 Å². The molecule has 2 aromatic rings. The zero-order valence-electron chi connectivity index (χ0n) is 5.24. The van der Waals surface area contributed by atoms with E-state index in [1.807, 2.05) is 0 Å². The van der Waals surface area contributed by atoms with Crippen LogP contribution >= 0.6 is 11.5 Å². The van der Waals surface area contributed by atoms with Crippen molar-refractivity contribution in [3.8, 4) is 0 Å². The number of nitrogens with zero attached hydrogens (tertiary/aromatic N) is 2. The number of nitrogens with one attached hydrogen (secondary N) is 1. The van der Waals surface area contributed by atoms with E-state index in [-0.39, 0.29) is 5.56 Å². The fraction of sp³-hybridized carbons (Fsp3) is 0. The van der Waals surface area contributed by atoms with Crippen LogP contribution in [-0.2, 0) is 0 Å². The Kier molecular flexibility index (Phi) is 1.16. The van der Waals surface area contributed by atoms with Crippen LogP contribution in [0.5, 0.6) is 0 Å². The highest BCUT2D eigenvalue weighted by Gasteiger charge is 2.12. The second kappa shape index (κ2) is 2.03. The molecule has 0 radical (unpaired) electrons. The Balaban J connectivity index is 2.78. The van der Waals surface area contributed by atoms with Crippen LogP contribution < -0.4 is 0 Å². The second-order valence-corrected chi connectivity index (χ2v) is 2.71. The van der Waals surface area contributed by atoms with Gasteiger partial charge in [0.05, 0.1) is 5.56 Å². The van der Waals surface area contributed by atoms with Gasteiger partial charge in [0.2, 0.25) is 0 Å². The third-order valence-corrected chi connectivity index (χ3v) is 2.08. The highest BCUT2D eigenvalue weighted by Crippen LogP contribution is 2.18. The molecule has 0 aliphatic rings. The number of carbonyl (C=O) groups is 1. The number of hydrogen-bond acceptors (Lipinski definition) is 4. The van der Waals surface area contributed by atoms with Crippen LogP contribution in [0, 0.1) is 0 Å². The van der Waals surface area contributed by atoms with Gasteiger partial charge in [-0.15, -0.1) is 5.10 Å². The van der Waals surface area contributed by atoms with Gasteiger partial charge in [-0.25, -0.2) is 4.79 Å². The summed E-state index contributed by atoms with van der Waals surface area (Å²) in [6.07, 6.45) is 1.41. The van der Waals surface area contributed by atoms with Gasteiger partial charge in [0.1, 0.15) is 4.70 Å². The van der Waals surface area contributed by atoms with E-state index in [1.54, 1.807) is 0 Å². The predicted octanol–water partition coefficient (Wildman–Crippen LogP) is 0.718. The Morgan fingerprint density at radius 2 is 2.55 bits per heavy atom. The Hall–Kier alpha value is -1.43. The summed E-state index contributed by atoms with van der Waals surface area (Å²) < 4.78 is 4.20. The molecule has 56 valence electrons. The molecule has 2 rings (SSSR count). The van der Waals surface area contributed by atoms with Crippen molar-refractivity contribution in [1.29, 1.82) is 0 Å². The maximum absolute atomic E-state index is 10.5. The van der Waals surface area contributed by atoms with E-state index in [9.17, 15) is 4.79 Å². The number of aromatic nitrogens is 3. The second-order valence-electron chi connectivity index (χ2n) is 1.96. The third-order valence-electron chi connectivity index (χ3n) is 1.32. The van der Waals surface area contributed by atoms with Crippen LogP contribution in [0.4, 0.5) is 0 Å². The minimum Gasteiger partial charge on any atom is -0.478 e. The summed E-state index contributed by atoms with van der Waals surface area (Å²) in [5, 5.41) is 12.3. The van der Waals surface area contributed by atoms with E-state index in [4.69, 9.17) is 5.11 Å². The summed E-state index contributed by atoms with van der Waals surface area (Å²) in [6, 6.07) is 0. The lowest BCUT2D eigenvalue weighted by Gasteiger charge is -1.81. The molecule has 0 saturated carbocycles. The number of aromatic carboxylic acids is 1. The van der Waals surface area contributed by atoms with Gasteiger partial charge in [0.25, 0.3) is 0 Å². The summed E-state index contributed by atoms with van der Waals surface area (Å²) in [4.78, 5) is 13.2. The van der Waals surface area contributed by atoms with Crippen molar-refractivity contribution in [2.45, 2.75) is 0 Å². The number of hydrogen-bond donors (Lipinski definition) is 2. The first-order chi connectivity index (χ1) is 5.29. The molecule has 0 saturated heterocycles. The minimum absolute atomic E-state index is 0.231. The number of H-pyrrole nitrogens is 1. The summed E-state index contributed by atoms with van der Waals surface area (Å²) in [5.74, 6) is -0.956. The molecule has 2 heterocycles. The molecule has 0 unspecified atom stereocenters. The SMILES string of the molecule is O=C(O)c1c[nH]c2nnsc12. The average molecular weight is 169 g/mol. The van der Waals surface area contributed by atoms with Crippen LogP contribution in [0.1, 0.15) is 10.4 Å². The van der Waals surface area contributed by atoms with Gasteiger partial charge >= 0.3 is 5.97 Å². The summed E-state index contributed by atoms with van der Waals surface area (Å²) in [7, 11) is 0. The van der Waals surface area contributed by atoms with Gasteiger partial charge in [0, 0.05) is 6.20 Å². The minimum atomic E-state index is -0.956. The maximum Gasteiger partial charge on any atom is 0.338 e. The number of carboxylic acids is 1. The van der Waals surface area contributed by atoms with Crippen molar-refractivity contribution < 1.29 is 9.90 Å². The van der Waals surface area contributed by atoms with E-state index < -0.39 is 5.97 Å². The van der Waals surface area contributed by atoms with Gasteiger partial charge in [0.15, 0.2) is 5.65 Å². The highest BCUT2D eigenvalue weighted by molar-refractivity contribution is 7.13. The molecule has 5 nitrogen and oxygen atoms in total. The highest BCUT2D eigenvalue weighted by atomic mass is 32.1. The van der Waals surface area contributed by atoms with E-state index in [0.717, 1.165) is 11.5 Å². The lowest BCUT2D eigenvalue weighted by Crippen LogP contribution is -1.92. The maximum atomic E-state index is 10.5. The number of rotatable bonds is 1. The van der Waals surface area contributed by atoms with Gasteiger partial charge in [-0.1, -0.05) is 4.49 Å². The monoisotopic (exact) mass is 169 g/mol. The van der Waals surface area contributed by atoms with Gasteiger partial charge < -0.3 is 10.1 Å². The molecule has 11 heavy (non-hydrogen) atoms. The molecule has 0 bridgehead atoms. The lowest BCUT2D eigenvalue weighted by atomic mass is 10.3. The first-order valence-electron chi connectivity index (χ1n) is 2.82. The Bertz CT molecular complexity index is 404. The van der Waals surface area contributed by atoms with Crippen molar-refractivity contribution in [3.05, 3.63) is 11.8 Å². The molecule has 6 heteroatoms. The Morgan fingerprint density at radius 3 is 3.27 bits per heavy atom. The molecule has 0 amide bonds. The lowest BCUT2D eigenvalue weighted by molar-refractivity contribution is 0.0699. The van der Waals surface area contributed by atoms with Gasteiger partial charge in [-0.05, 0) is 11.5 Å². The van der Waals surface area contributed by atoms with Crippen molar-refractivity contribution in [2.75, 3.05) is 0 Å². The summed E-state index contributed by atoms with van der Waals surface area (Å²) >= 11 is 1.08. The van der Waals surface area contributed by atoms with Crippen LogP contribution in [0.15, 0.2) is 6.20 Å². The predicted molar refractivity (Wildman–Crippen MR) is 38.7 cm³/mol. The molecule has 0 aliphatic carbocycles. The fourth-order valence-corrected chi connectivity index (χ4v) is 1.46. The van der Waals surface area contributed by atoms with Crippen LogP contribution in [0.2, 0.25) is 0 Å². The number of carboxylic acid groups (broad SMARTS) is 1. The smallest absolute Gasteiger partial charge is 0.338 e. The summed E-state index contributed by atoms with van der Waals surface area (Å²) in [5.41, 5.74) is 0.766.